The fraction of sp³-hybridized carbons (Fsp3) is 0.0833. The van der Waals surface area contributed by atoms with Gasteiger partial charge in [-0.3, -0.25) is 14.4 Å². The van der Waals surface area contributed by atoms with Crippen LogP contribution in [-0.4, -0.2) is 36.4 Å². The first-order valence-corrected chi connectivity index (χ1v) is 11.1. The summed E-state index contributed by atoms with van der Waals surface area (Å²) in [5, 5.41) is 0.255. The first kappa shape index (κ1) is 21.8. The summed E-state index contributed by atoms with van der Waals surface area (Å²) in [4.78, 5) is 52.4. The van der Waals surface area contributed by atoms with E-state index >= 15 is 0 Å². The minimum Gasteiger partial charge on any atom is -0.454 e. The van der Waals surface area contributed by atoms with Gasteiger partial charge in [0.05, 0.1) is 27.4 Å². The molecule has 3 aromatic rings. The summed E-state index contributed by atoms with van der Waals surface area (Å²) in [5.41, 5.74) is 1.000. The summed E-state index contributed by atoms with van der Waals surface area (Å²) in [7, 11) is 0. The average molecular weight is 466 g/mol. The molecule has 0 unspecified atom stereocenters. The van der Waals surface area contributed by atoms with E-state index < -0.39 is 24.4 Å². The number of amides is 2. The van der Waals surface area contributed by atoms with E-state index in [1.165, 1.54) is 18.2 Å². The number of benzene rings is 3. The van der Waals surface area contributed by atoms with Crippen LogP contribution < -0.4 is 4.90 Å². The van der Waals surface area contributed by atoms with Crippen LogP contribution in [0, 0.1) is 0 Å². The molecule has 1 aliphatic heterocycles. The molecule has 0 saturated heterocycles. The highest BCUT2D eigenvalue weighted by Gasteiger charge is 2.38. The summed E-state index contributed by atoms with van der Waals surface area (Å²) in [5.74, 6) is -2.22. The number of carbonyl (C=O) groups is 4. The summed E-state index contributed by atoms with van der Waals surface area (Å²) in [6, 6.07) is 17.6. The fourth-order valence-electron chi connectivity index (χ4n) is 3.29. The van der Waals surface area contributed by atoms with Crippen molar-refractivity contribution in [1.82, 2.24) is 0 Å². The predicted octanol–water partition coefficient (Wildman–Crippen LogP) is 4.90. The molecular weight excluding hydrogens is 450 g/mol. The van der Waals surface area contributed by atoms with Gasteiger partial charge >= 0.3 is 5.97 Å². The molecule has 1 heterocycles. The standard InChI is InChI=1S/C24H16ClNO5S/c1-32-16-9-6-14(7-10-16)21(27)13-31-24(30)15-8-11-17-18(12-15)23(29)26(22(17)28)20-5-3-2-4-19(20)25/h2-12H,13H2,1H3. The van der Waals surface area contributed by atoms with Crippen LogP contribution in [0.4, 0.5) is 5.69 Å². The lowest BCUT2D eigenvalue weighted by atomic mass is 10.1. The number of hydrogen-bond donors (Lipinski definition) is 0. The summed E-state index contributed by atoms with van der Waals surface area (Å²) in [6.07, 6.45) is 1.93. The van der Waals surface area contributed by atoms with Crippen LogP contribution in [0.1, 0.15) is 41.4 Å². The topological polar surface area (TPSA) is 80.8 Å². The van der Waals surface area contributed by atoms with Crippen molar-refractivity contribution in [3.63, 3.8) is 0 Å². The first-order chi connectivity index (χ1) is 15.4. The Balaban J connectivity index is 1.49. The SMILES string of the molecule is CSc1ccc(C(=O)COC(=O)c2ccc3c(c2)C(=O)N(c2ccccc2Cl)C3=O)cc1. The largest absolute Gasteiger partial charge is 0.454 e. The molecule has 0 aliphatic carbocycles. The first-order valence-electron chi connectivity index (χ1n) is 9.52. The van der Waals surface area contributed by atoms with E-state index in [4.69, 9.17) is 16.3 Å². The average Bonchev–Trinajstić information content (AvgIpc) is 3.07. The predicted molar refractivity (Wildman–Crippen MR) is 122 cm³/mol. The van der Waals surface area contributed by atoms with Gasteiger partial charge in [-0.25, -0.2) is 9.69 Å². The molecule has 8 heteroatoms. The molecule has 0 spiro atoms. The maximum atomic E-state index is 12.9. The maximum absolute atomic E-state index is 12.9. The van der Waals surface area contributed by atoms with Crippen molar-refractivity contribution < 1.29 is 23.9 Å². The number of ether oxygens (including phenoxy) is 1. The number of ketones is 1. The Kier molecular flexibility index (Phi) is 6.12. The van der Waals surface area contributed by atoms with Crippen molar-refractivity contribution in [1.29, 1.82) is 0 Å². The Morgan fingerprint density at radius 1 is 0.906 bits per heavy atom. The number of fused-ring (bicyclic) bond motifs is 1. The molecule has 0 fully saturated rings. The number of para-hydroxylation sites is 1. The Morgan fingerprint density at radius 3 is 2.25 bits per heavy atom. The van der Waals surface area contributed by atoms with E-state index in [0.717, 1.165) is 9.80 Å². The third-order valence-corrected chi connectivity index (χ3v) is 6.03. The van der Waals surface area contributed by atoms with E-state index in [2.05, 4.69) is 0 Å². The quantitative estimate of drug-likeness (QED) is 0.223. The van der Waals surface area contributed by atoms with Gasteiger partial charge < -0.3 is 4.74 Å². The number of anilines is 1. The van der Waals surface area contributed by atoms with Crippen molar-refractivity contribution >= 4 is 52.6 Å². The Labute approximate surface area is 193 Å². The smallest absolute Gasteiger partial charge is 0.338 e. The third kappa shape index (κ3) is 4.04. The second-order valence-electron chi connectivity index (χ2n) is 6.89. The minimum absolute atomic E-state index is 0.0661. The minimum atomic E-state index is -0.765. The molecule has 160 valence electrons. The molecule has 0 bridgehead atoms. The lowest BCUT2D eigenvalue weighted by molar-refractivity contribution is 0.0474. The highest BCUT2D eigenvalue weighted by atomic mass is 35.5. The Morgan fingerprint density at radius 2 is 1.56 bits per heavy atom. The van der Waals surface area contributed by atoms with Gasteiger partial charge in [0.15, 0.2) is 12.4 Å². The second kappa shape index (κ2) is 8.98. The lowest BCUT2D eigenvalue weighted by Crippen LogP contribution is -2.29. The highest BCUT2D eigenvalue weighted by molar-refractivity contribution is 7.98. The van der Waals surface area contributed by atoms with Crippen LogP contribution >= 0.6 is 23.4 Å². The molecule has 1 aliphatic rings. The van der Waals surface area contributed by atoms with Gasteiger partial charge in [-0.2, -0.15) is 0 Å². The number of thioether (sulfide) groups is 1. The molecule has 0 atom stereocenters. The van der Waals surface area contributed by atoms with Gasteiger partial charge in [0, 0.05) is 10.5 Å². The molecule has 0 radical (unpaired) electrons. The van der Waals surface area contributed by atoms with Crippen molar-refractivity contribution in [3.05, 3.63) is 94.0 Å². The maximum Gasteiger partial charge on any atom is 0.338 e. The van der Waals surface area contributed by atoms with Gasteiger partial charge in [-0.1, -0.05) is 35.9 Å². The van der Waals surface area contributed by atoms with Crippen molar-refractivity contribution in [3.8, 4) is 0 Å². The molecule has 0 saturated carbocycles. The lowest BCUT2D eigenvalue weighted by Gasteiger charge is -2.15. The van der Waals surface area contributed by atoms with Gasteiger partial charge in [0.2, 0.25) is 0 Å². The molecule has 32 heavy (non-hydrogen) atoms. The van der Waals surface area contributed by atoms with Crippen LogP contribution in [0.2, 0.25) is 5.02 Å². The van der Waals surface area contributed by atoms with Crippen LogP contribution in [0.25, 0.3) is 0 Å². The number of imide groups is 1. The molecular formula is C24H16ClNO5S. The van der Waals surface area contributed by atoms with E-state index in [9.17, 15) is 19.2 Å². The fourth-order valence-corrected chi connectivity index (χ4v) is 3.92. The summed E-state index contributed by atoms with van der Waals surface area (Å²) in [6.45, 7) is -0.437. The number of Topliss-reactive ketones (excluding diaryl/α,β-unsaturated/α-hetero) is 1. The normalized spacial score (nSPS) is 12.6. The molecule has 0 aromatic heterocycles. The second-order valence-corrected chi connectivity index (χ2v) is 8.17. The van der Waals surface area contributed by atoms with E-state index in [1.54, 1.807) is 48.2 Å². The zero-order chi connectivity index (χ0) is 22.8. The zero-order valence-electron chi connectivity index (χ0n) is 16.8. The van der Waals surface area contributed by atoms with Crippen molar-refractivity contribution in [2.45, 2.75) is 4.90 Å². The number of rotatable bonds is 6. The molecule has 0 N–H and O–H groups in total. The van der Waals surface area contributed by atoms with Crippen molar-refractivity contribution in [2.75, 3.05) is 17.8 Å². The Bertz CT molecular complexity index is 1260. The zero-order valence-corrected chi connectivity index (χ0v) is 18.4. The molecule has 4 rings (SSSR count). The number of hydrogen-bond acceptors (Lipinski definition) is 6. The van der Waals surface area contributed by atoms with Crippen LogP contribution in [0.5, 0.6) is 0 Å². The third-order valence-electron chi connectivity index (χ3n) is 4.96. The highest BCUT2D eigenvalue weighted by Crippen LogP contribution is 2.33. The molecule has 6 nitrogen and oxygen atoms in total. The van der Waals surface area contributed by atoms with Crippen LogP contribution in [-0.2, 0) is 4.74 Å². The summed E-state index contributed by atoms with van der Waals surface area (Å²) >= 11 is 7.70. The number of esters is 1. The van der Waals surface area contributed by atoms with Crippen LogP contribution in [0.15, 0.2) is 71.6 Å². The van der Waals surface area contributed by atoms with Gasteiger partial charge in [-0.05, 0) is 48.7 Å². The number of halogens is 1. The van der Waals surface area contributed by atoms with Gasteiger partial charge in [0.1, 0.15) is 0 Å². The number of nitrogens with zero attached hydrogens (tertiary/aromatic N) is 1. The summed E-state index contributed by atoms with van der Waals surface area (Å²) < 4.78 is 5.13. The van der Waals surface area contributed by atoms with E-state index in [1.807, 2.05) is 18.4 Å². The van der Waals surface area contributed by atoms with Crippen LogP contribution in [0.3, 0.4) is 0 Å². The molecule has 3 aromatic carbocycles. The Hall–Kier alpha value is -3.42. The molecule has 2 amide bonds. The van der Waals surface area contributed by atoms with Crippen molar-refractivity contribution in [2.24, 2.45) is 0 Å². The van der Waals surface area contributed by atoms with Gasteiger partial charge in [0.25, 0.3) is 11.8 Å². The number of carbonyl (C=O) groups excluding carboxylic acids is 4. The van der Waals surface area contributed by atoms with E-state index in [-0.39, 0.29) is 33.2 Å². The van der Waals surface area contributed by atoms with E-state index in [0.29, 0.717) is 5.56 Å². The monoisotopic (exact) mass is 465 g/mol. The van der Waals surface area contributed by atoms with Gasteiger partial charge in [-0.15, -0.1) is 11.8 Å².